The van der Waals surface area contributed by atoms with Gasteiger partial charge in [-0.15, -0.1) is 0 Å². The van der Waals surface area contributed by atoms with Crippen molar-refractivity contribution in [2.45, 2.75) is 20.8 Å². The van der Waals surface area contributed by atoms with Crippen LogP contribution >= 0.6 is 0 Å². The Morgan fingerprint density at radius 3 is 2.40 bits per heavy atom. The van der Waals surface area contributed by atoms with Gasteiger partial charge in [-0.1, -0.05) is 39.5 Å². The van der Waals surface area contributed by atoms with Gasteiger partial charge >= 0.3 is 0 Å². The van der Waals surface area contributed by atoms with Crippen LogP contribution in [0.15, 0.2) is 25.0 Å². The second-order valence-corrected chi connectivity index (χ2v) is 3.27. The normalized spacial score (nSPS) is 11.9. The van der Waals surface area contributed by atoms with E-state index < -0.39 is 0 Å². The molecular weight excluding hydrogens is 124 g/mol. The lowest BCUT2D eigenvalue weighted by molar-refractivity contribution is 0.289. The fourth-order valence-electron chi connectivity index (χ4n) is 0.525. The maximum absolute atomic E-state index is 4.91. The Kier molecular flexibility index (Phi) is 3.85. The SMILES string of the molecule is C=COC/C=C/C(C)(C)C. The molecule has 0 aliphatic heterocycles. The lowest BCUT2D eigenvalue weighted by atomic mass is 9.96. The van der Waals surface area contributed by atoms with Gasteiger partial charge in [0.25, 0.3) is 0 Å². The molecule has 1 nitrogen and oxygen atoms in total. The molecule has 0 rings (SSSR count). The van der Waals surface area contributed by atoms with E-state index in [0.717, 1.165) is 0 Å². The van der Waals surface area contributed by atoms with Gasteiger partial charge in [-0.2, -0.15) is 0 Å². The molecule has 0 saturated heterocycles. The fraction of sp³-hybridized carbons (Fsp3) is 0.556. The van der Waals surface area contributed by atoms with Crippen molar-refractivity contribution >= 4 is 0 Å². The van der Waals surface area contributed by atoms with Gasteiger partial charge in [0.15, 0.2) is 0 Å². The summed E-state index contributed by atoms with van der Waals surface area (Å²) < 4.78 is 4.91. The minimum absolute atomic E-state index is 0.254. The number of allylic oxidation sites excluding steroid dienone is 1. The van der Waals surface area contributed by atoms with Crippen LogP contribution in [0.4, 0.5) is 0 Å². The number of rotatable bonds is 3. The topological polar surface area (TPSA) is 9.23 Å². The van der Waals surface area contributed by atoms with E-state index in [-0.39, 0.29) is 5.41 Å². The van der Waals surface area contributed by atoms with Gasteiger partial charge in [-0.25, -0.2) is 0 Å². The highest BCUT2D eigenvalue weighted by Crippen LogP contribution is 2.13. The molecule has 0 bridgehead atoms. The molecule has 0 unspecified atom stereocenters. The quantitative estimate of drug-likeness (QED) is 0.333. The Morgan fingerprint density at radius 1 is 1.40 bits per heavy atom. The molecule has 0 aromatic carbocycles. The summed E-state index contributed by atoms with van der Waals surface area (Å²) in [5.41, 5.74) is 0.254. The zero-order chi connectivity index (χ0) is 8.04. The summed E-state index contributed by atoms with van der Waals surface area (Å²) in [5.74, 6) is 0. The van der Waals surface area contributed by atoms with E-state index in [1.54, 1.807) is 0 Å². The van der Waals surface area contributed by atoms with Crippen LogP contribution < -0.4 is 0 Å². The third-order valence-electron chi connectivity index (χ3n) is 0.928. The molecule has 0 aliphatic rings. The summed E-state index contributed by atoms with van der Waals surface area (Å²) in [5, 5.41) is 0. The second kappa shape index (κ2) is 4.15. The lowest BCUT2D eigenvalue weighted by Crippen LogP contribution is -1.99. The molecule has 0 amide bonds. The largest absolute Gasteiger partial charge is 0.498 e. The third kappa shape index (κ3) is 7.28. The Morgan fingerprint density at radius 2 is 2.00 bits per heavy atom. The van der Waals surface area contributed by atoms with Gasteiger partial charge in [-0.3, -0.25) is 0 Å². The van der Waals surface area contributed by atoms with E-state index in [2.05, 4.69) is 33.4 Å². The van der Waals surface area contributed by atoms with E-state index in [0.29, 0.717) is 6.61 Å². The lowest BCUT2D eigenvalue weighted by Gasteiger charge is -2.10. The van der Waals surface area contributed by atoms with Crippen LogP contribution in [-0.4, -0.2) is 6.61 Å². The molecule has 0 fully saturated rings. The molecule has 58 valence electrons. The zero-order valence-corrected chi connectivity index (χ0v) is 7.05. The predicted octanol–water partition coefficient (Wildman–Crippen LogP) is 2.75. The van der Waals surface area contributed by atoms with Crippen LogP contribution in [0.3, 0.4) is 0 Å². The van der Waals surface area contributed by atoms with Crippen molar-refractivity contribution in [2.75, 3.05) is 6.61 Å². The van der Waals surface area contributed by atoms with E-state index in [1.165, 1.54) is 6.26 Å². The van der Waals surface area contributed by atoms with Gasteiger partial charge in [0.05, 0.1) is 6.26 Å². The van der Waals surface area contributed by atoms with Crippen molar-refractivity contribution in [1.82, 2.24) is 0 Å². The zero-order valence-electron chi connectivity index (χ0n) is 7.05. The molecule has 0 N–H and O–H groups in total. The minimum atomic E-state index is 0.254. The van der Waals surface area contributed by atoms with Crippen molar-refractivity contribution in [3.05, 3.63) is 25.0 Å². The molecule has 0 aromatic heterocycles. The third-order valence-corrected chi connectivity index (χ3v) is 0.928. The maximum atomic E-state index is 4.91. The van der Waals surface area contributed by atoms with Crippen molar-refractivity contribution in [1.29, 1.82) is 0 Å². The maximum Gasteiger partial charge on any atom is 0.105 e. The molecule has 0 spiro atoms. The van der Waals surface area contributed by atoms with Crippen molar-refractivity contribution < 1.29 is 4.74 Å². The summed E-state index contributed by atoms with van der Waals surface area (Å²) in [6.45, 7) is 10.5. The monoisotopic (exact) mass is 140 g/mol. The first-order valence-corrected chi connectivity index (χ1v) is 3.46. The Hall–Kier alpha value is -0.720. The highest BCUT2D eigenvalue weighted by molar-refractivity contribution is 4.92. The molecule has 0 radical (unpaired) electrons. The van der Waals surface area contributed by atoms with Gasteiger partial charge in [0.2, 0.25) is 0 Å². The summed E-state index contributed by atoms with van der Waals surface area (Å²) in [4.78, 5) is 0. The standard InChI is InChI=1S/C9H16O/c1-5-10-8-6-7-9(2,3)4/h5-7H,1,8H2,2-4H3/b7-6+. The van der Waals surface area contributed by atoms with Crippen LogP contribution in [0.5, 0.6) is 0 Å². The first-order chi connectivity index (χ1) is 4.56. The highest BCUT2D eigenvalue weighted by Gasteiger charge is 2.02. The molecule has 0 aromatic rings. The molecule has 10 heavy (non-hydrogen) atoms. The van der Waals surface area contributed by atoms with Crippen LogP contribution in [0.1, 0.15) is 20.8 Å². The summed E-state index contributed by atoms with van der Waals surface area (Å²) in [6, 6.07) is 0. The Balaban J connectivity index is 3.46. The Bertz CT molecular complexity index is 117. The van der Waals surface area contributed by atoms with Crippen LogP contribution in [0.25, 0.3) is 0 Å². The summed E-state index contributed by atoms with van der Waals surface area (Å²) in [6.07, 6.45) is 5.57. The molecule has 0 heterocycles. The molecule has 0 saturated carbocycles. The molecule has 0 aliphatic carbocycles. The van der Waals surface area contributed by atoms with Gasteiger partial charge in [0, 0.05) is 0 Å². The van der Waals surface area contributed by atoms with Gasteiger partial charge in [0.1, 0.15) is 6.61 Å². The predicted molar refractivity (Wildman–Crippen MR) is 44.7 cm³/mol. The molecule has 0 atom stereocenters. The molecular formula is C9H16O. The van der Waals surface area contributed by atoms with Crippen LogP contribution in [0, 0.1) is 5.41 Å². The highest BCUT2D eigenvalue weighted by atomic mass is 16.5. The average Bonchev–Trinajstić information content (AvgIpc) is 1.78. The van der Waals surface area contributed by atoms with Crippen molar-refractivity contribution in [3.63, 3.8) is 0 Å². The summed E-state index contributed by atoms with van der Waals surface area (Å²) in [7, 11) is 0. The van der Waals surface area contributed by atoms with Crippen molar-refractivity contribution in [2.24, 2.45) is 5.41 Å². The van der Waals surface area contributed by atoms with Crippen molar-refractivity contribution in [3.8, 4) is 0 Å². The fourth-order valence-corrected chi connectivity index (χ4v) is 0.525. The summed E-state index contributed by atoms with van der Waals surface area (Å²) >= 11 is 0. The van der Waals surface area contributed by atoms with Crippen LogP contribution in [0.2, 0.25) is 0 Å². The second-order valence-electron chi connectivity index (χ2n) is 3.27. The van der Waals surface area contributed by atoms with E-state index in [1.807, 2.05) is 6.08 Å². The van der Waals surface area contributed by atoms with Gasteiger partial charge in [-0.05, 0) is 5.41 Å². The number of hydrogen-bond acceptors (Lipinski definition) is 1. The first-order valence-electron chi connectivity index (χ1n) is 3.46. The molecule has 1 heteroatoms. The van der Waals surface area contributed by atoms with E-state index in [9.17, 15) is 0 Å². The van der Waals surface area contributed by atoms with E-state index >= 15 is 0 Å². The van der Waals surface area contributed by atoms with E-state index in [4.69, 9.17) is 4.74 Å². The number of ether oxygens (including phenoxy) is 1. The Labute approximate surface area is 63.4 Å². The van der Waals surface area contributed by atoms with Crippen LogP contribution in [-0.2, 0) is 4.74 Å². The minimum Gasteiger partial charge on any atom is -0.498 e. The first kappa shape index (κ1) is 9.28. The van der Waals surface area contributed by atoms with Gasteiger partial charge < -0.3 is 4.74 Å². The number of hydrogen-bond donors (Lipinski definition) is 0. The average molecular weight is 140 g/mol. The smallest absolute Gasteiger partial charge is 0.105 e.